The zero-order valence-corrected chi connectivity index (χ0v) is 16.3. The van der Waals surface area contributed by atoms with Gasteiger partial charge in [-0.15, -0.1) is 0 Å². The van der Waals surface area contributed by atoms with E-state index in [1.54, 1.807) is 0 Å². The standard InChI is InChI=1S/C23H22ClN3O/c24-21-8-4-3-7-18(21)19-13-20(19)23(28)27-11-9-26(10-12-27)22-15-25-14-16-5-1-2-6-17(16)22/h1-8,14-15,19-20H,9-13H2/t19-,20+/m1/s1. The van der Waals surface area contributed by atoms with Gasteiger partial charge in [-0.3, -0.25) is 9.78 Å². The molecule has 5 heteroatoms. The second kappa shape index (κ2) is 7.10. The van der Waals surface area contributed by atoms with Crippen molar-refractivity contribution in [2.24, 2.45) is 5.92 Å². The molecule has 0 radical (unpaired) electrons. The molecule has 1 aromatic heterocycles. The lowest BCUT2D eigenvalue weighted by Crippen LogP contribution is -2.49. The van der Waals surface area contributed by atoms with Crippen molar-refractivity contribution >= 4 is 34.0 Å². The molecule has 28 heavy (non-hydrogen) atoms. The minimum absolute atomic E-state index is 0.0886. The van der Waals surface area contributed by atoms with E-state index in [0.29, 0.717) is 0 Å². The number of pyridine rings is 1. The summed E-state index contributed by atoms with van der Waals surface area (Å²) in [7, 11) is 0. The molecule has 0 unspecified atom stereocenters. The monoisotopic (exact) mass is 391 g/mol. The Morgan fingerprint density at radius 2 is 1.71 bits per heavy atom. The lowest BCUT2D eigenvalue weighted by atomic mass is 10.1. The summed E-state index contributed by atoms with van der Waals surface area (Å²) in [5.74, 6) is 0.646. The van der Waals surface area contributed by atoms with Crippen LogP contribution in [0.2, 0.25) is 5.02 Å². The highest BCUT2D eigenvalue weighted by Gasteiger charge is 2.46. The highest BCUT2D eigenvalue weighted by atomic mass is 35.5. The van der Waals surface area contributed by atoms with E-state index < -0.39 is 0 Å². The van der Waals surface area contributed by atoms with Crippen LogP contribution < -0.4 is 4.90 Å². The van der Waals surface area contributed by atoms with Crippen LogP contribution in [0.15, 0.2) is 60.9 Å². The largest absolute Gasteiger partial charge is 0.366 e. The van der Waals surface area contributed by atoms with Crippen molar-refractivity contribution in [1.82, 2.24) is 9.88 Å². The van der Waals surface area contributed by atoms with E-state index in [1.165, 1.54) is 5.39 Å². The molecule has 2 aromatic carbocycles. The van der Waals surface area contributed by atoms with Crippen LogP contribution in [-0.4, -0.2) is 42.0 Å². The van der Waals surface area contributed by atoms with Gasteiger partial charge >= 0.3 is 0 Å². The molecule has 1 aliphatic carbocycles. The minimum atomic E-state index is 0.0886. The summed E-state index contributed by atoms with van der Waals surface area (Å²) in [5, 5.41) is 3.15. The summed E-state index contributed by atoms with van der Waals surface area (Å²) >= 11 is 6.31. The molecular weight excluding hydrogens is 370 g/mol. The molecule has 2 heterocycles. The average molecular weight is 392 g/mol. The maximum Gasteiger partial charge on any atom is 0.226 e. The third-order valence-corrected chi connectivity index (χ3v) is 6.34. The van der Waals surface area contributed by atoms with Crippen LogP contribution in [0.1, 0.15) is 17.9 Å². The lowest BCUT2D eigenvalue weighted by Gasteiger charge is -2.36. The Bertz CT molecular complexity index is 1020. The second-order valence-corrected chi connectivity index (χ2v) is 8.07. The number of nitrogens with zero attached hydrogens (tertiary/aromatic N) is 3. The molecule has 1 amide bonds. The van der Waals surface area contributed by atoms with Crippen LogP contribution in [-0.2, 0) is 4.79 Å². The number of anilines is 1. The summed E-state index contributed by atoms with van der Waals surface area (Å²) in [6.07, 6.45) is 4.75. The highest BCUT2D eigenvalue weighted by molar-refractivity contribution is 6.31. The first-order valence-electron chi connectivity index (χ1n) is 9.83. The average Bonchev–Trinajstić information content (AvgIpc) is 3.54. The Balaban J connectivity index is 1.25. The van der Waals surface area contributed by atoms with Gasteiger partial charge in [0.2, 0.25) is 5.91 Å². The molecule has 4 nitrogen and oxygen atoms in total. The van der Waals surface area contributed by atoms with Gasteiger partial charge in [-0.05, 0) is 24.0 Å². The Hall–Kier alpha value is -2.59. The van der Waals surface area contributed by atoms with Crippen molar-refractivity contribution in [3.05, 3.63) is 71.5 Å². The molecule has 2 atom stereocenters. The van der Waals surface area contributed by atoms with E-state index in [-0.39, 0.29) is 17.7 Å². The fourth-order valence-electron chi connectivity index (χ4n) is 4.34. The van der Waals surface area contributed by atoms with E-state index in [9.17, 15) is 4.79 Å². The molecule has 0 N–H and O–H groups in total. The quantitative estimate of drug-likeness (QED) is 0.666. The summed E-state index contributed by atoms with van der Waals surface area (Å²) in [5.41, 5.74) is 2.27. The van der Waals surface area contributed by atoms with Gasteiger partial charge in [0.25, 0.3) is 0 Å². The minimum Gasteiger partial charge on any atom is -0.366 e. The number of carbonyl (C=O) groups excluding carboxylic acids is 1. The molecule has 3 aromatic rings. The first-order valence-corrected chi connectivity index (χ1v) is 10.2. The number of hydrogen-bond donors (Lipinski definition) is 0. The van der Waals surface area contributed by atoms with E-state index in [0.717, 1.165) is 54.3 Å². The topological polar surface area (TPSA) is 36.4 Å². The van der Waals surface area contributed by atoms with Gasteiger partial charge in [0.15, 0.2) is 0 Å². The molecule has 0 bridgehead atoms. The lowest BCUT2D eigenvalue weighted by molar-refractivity contribution is -0.132. The molecule has 1 aliphatic heterocycles. The van der Waals surface area contributed by atoms with Crippen molar-refractivity contribution in [3.8, 4) is 0 Å². The smallest absolute Gasteiger partial charge is 0.226 e. The molecule has 2 aliphatic rings. The number of aromatic nitrogens is 1. The van der Waals surface area contributed by atoms with Crippen molar-refractivity contribution < 1.29 is 4.79 Å². The Kier molecular flexibility index (Phi) is 4.44. The number of rotatable bonds is 3. The van der Waals surface area contributed by atoms with Gasteiger partial charge in [0.05, 0.1) is 11.9 Å². The third kappa shape index (κ3) is 3.12. The van der Waals surface area contributed by atoms with E-state index in [1.807, 2.05) is 47.6 Å². The fraction of sp³-hybridized carbons (Fsp3) is 0.304. The Morgan fingerprint density at radius 1 is 0.964 bits per heavy atom. The van der Waals surface area contributed by atoms with Crippen LogP contribution >= 0.6 is 11.6 Å². The highest BCUT2D eigenvalue weighted by Crippen LogP contribution is 2.50. The molecule has 0 spiro atoms. The van der Waals surface area contributed by atoms with Gasteiger partial charge in [-0.25, -0.2) is 0 Å². The first kappa shape index (κ1) is 17.5. The maximum absolute atomic E-state index is 13.0. The summed E-state index contributed by atoms with van der Waals surface area (Å²) in [4.78, 5) is 21.7. The molecule has 1 saturated heterocycles. The molecule has 1 saturated carbocycles. The Labute approximate surface area is 169 Å². The van der Waals surface area contributed by atoms with Crippen LogP contribution in [0.25, 0.3) is 10.8 Å². The van der Waals surface area contributed by atoms with E-state index in [4.69, 9.17) is 11.6 Å². The van der Waals surface area contributed by atoms with Crippen LogP contribution in [0, 0.1) is 5.92 Å². The van der Waals surface area contributed by atoms with Crippen LogP contribution in [0.3, 0.4) is 0 Å². The van der Waals surface area contributed by atoms with Gasteiger partial charge < -0.3 is 9.80 Å². The number of hydrogen-bond acceptors (Lipinski definition) is 3. The van der Waals surface area contributed by atoms with Crippen molar-refractivity contribution in [2.75, 3.05) is 31.1 Å². The zero-order chi connectivity index (χ0) is 19.1. The predicted octanol–water partition coefficient (Wildman–Crippen LogP) is 4.34. The van der Waals surface area contributed by atoms with Crippen molar-refractivity contribution in [2.45, 2.75) is 12.3 Å². The second-order valence-electron chi connectivity index (χ2n) is 7.66. The number of amides is 1. The summed E-state index contributed by atoms with van der Waals surface area (Å²) in [6, 6.07) is 16.2. The number of halogens is 1. The van der Waals surface area contributed by atoms with Gasteiger partial charge in [-0.2, -0.15) is 0 Å². The number of carbonyl (C=O) groups is 1. The summed E-state index contributed by atoms with van der Waals surface area (Å²) < 4.78 is 0. The van der Waals surface area contributed by atoms with Gasteiger partial charge in [-0.1, -0.05) is 54.1 Å². The first-order chi connectivity index (χ1) is 13.7. The molecular formula is C23H22ClN3O. The zero-order valence-electron chi connectivity index (χ0n) is 15.6. The third-order valence-electron chi connectivity index (χ3n) is 5.99. The number of fused-ring (bicyclic) bond motifs is 1. The SMILES string of the molecule is O=C([C@H]1C[C@@H]1c1ccccc1Cl)N1CCN(c2cncc3ccccc23)CC1. The van der Waals surface area contributed by atoms with Crippen LogP contribution in [0.4, 0.5) is 5.69 Å². The Morgan fingerprint density at radius 3 is 2.54 bits per heavy atom. The van der Waals surface area contributed by atoms with Crippen molar-refractivity contribution in [1.29, 1.82) is 0 Å². The number of piperazine rings is 1. The van der Waals surface area contributed by atoms with Gasteiger partial charge in [0.1, 0.15) is 0 Å². The maximum atomic E-state index is 13.0. The molecule has 2 fully saturated rings. The molecule has 5 rings (SSSR count). The van der Waals surface area contributed by atoms with E-state index >= 15 is 0 Å². The van der Waals surface area contributed by atoms with Gasteiger partial charge in [0, 0.05) is 54.1 Å². The summed E-state index contributed by atoms with van der Waals surface area (Å²) in [6.45, 7) is 3.19. The van der Waals surface area contributed by atoms with Crippen molar-refractivity contribution in [3.63, 3.8) is 0 Å². The normalized spacial score (nSPS) is 21.8. The predicted molar refractivity (Wildman–Crippen MR) is 113 cm³/mol. The van der Waals surface area contributed by atoms with Crippen LogP contribution in [0.5, 0.6) is 0 Å². The van der Waals surface area contributed by atoms with E-state index in [2.05, 4.69) is 28.1 Å². The molecule has 142 valence electrons. The fourth-order valence-corrected chi connectivity index (χ4v) is 4.62. The number of benzene rings is 2.